The van der Waals surface area contributed by atoms with Crippen LogP contribution in [0.4, 0.5) is 8.78 Å². The molecule has 0 bridgehead atoms. The minimum Gasteiger partial charge on any atom is -0.323 e. The van der Waals surface area contributed by atoms with E-state index in [1.165, 1.54) is 12.1 Å². The van der Waals surface area contributed by atoms with Crippen molar-refractivity contribution < 1.29 is 8.78 Å². The van der Waals surface area contributed by atoms with Crippen LogP contribution in [-0.4, -0.2) is 0 Å². The molecule has 100 valence electrons. The summed E-state index contributed by atoms with van der Waals surface area (Å²) in [4.78, 5) is 0. The van der Waals surface area contributed by atoms with E-state index < -0.39 is 17.7 Å². The van der Waals surface area contributed by atoms with Crippen molar-refractivity contribution in [3.8, 4) is 0 Å². The molecule has 2 unspecified atom stereocenters. The van der Waals surface area contributed by atoms with Gasteiger partial charge in [0.05, 0.1) is 4.47 Å². The minimum absolute atomic E-state index is 0.0780. The second-order valence-corrected chi connectivity index (χ2v) is 5.34. The Balaban J connectivity index is 2.40. The number of rotatable bonds is 3. The lowest BCUT2D eigenvalue weighted by Gasteiger charge is -2.22. The van der Waals surface area contributed by atoms with E-state index in [1.807, 2.05) is 37.3 Å². The van der Waals surface area contributed by atoms with Crippen molar-refractivity contribution in [3.63, 3.8) is 0 Å². The maximum atomic E-state index is 14.0. The molecule has 0 heterocycles. The monoisotopic (exact) mass is 325 g/mol. The van der Waals surface area contributed by atoms with Crippen LogP contribution in [0.1, 0.15) is 30.0 Å². The summed E-state index contributed by atoms with van der Waals surface area (Å²) in [6.07, 6.45) is 0. The number of hydrogen-bond acceptors (Lipinski definition) is 1. The standard InChI is InChI=1S/C15H14BrF2N/c1-9(10-5-3-2-4-6-10)15(19)13-12(17)8-7-11(16)14(13)18/h2-9,15H,19H2,1H3. The van der Waals surface area contributed by atoms with Gasteiger partial charge in [0, 0.05) is 17.5 Å². The van der Waals surface area contributed by atoms with Crippen LogP contribution in [0.15, 0.2) is 46.9 Å². The van der Waals surface area contributed by atoms with Crippen molar-refractivity contribution >= 4 is 15.9 Å². The Morgan fingerprint density at radius 2 is 1.68 bits per heavy atom. The van der Waals surface area contributed by atoms with E-state index in [-0.39, 0.29) is 16.0 Å². The van der Waals surface area contributed by atoms with Crippen LogP contribution >= 0.6 is 15.9 Å². The maximum absolute atomic E-state index is 14.0. The van der Waals surface area contributed by atoms with Gasteiger partial charge >= 0.3 is 0 Å². The molecule has 0 spiro atoms. The van der Waals surface area contributed by atoms with Gasteiger partial charge in [0.1, 0.15) is 11.6 Å². The summed E-state index contributed by atoms with van der Waals surface area (Å²) in [7, 11) is 0. The van der Waals surface area contributed by atoms with Crippen LogP contribution in [0.5, 0.6) is 0 Å². The van der Waals surface area contributed by atoms with E-state index in [0.29, 0.717) is 0 Å². The van der Waals surface area contributed by atoms with Gasteiger partial charge < -0.3 is 5.73 Å². The highest BCUT2D eigenvalue weighted by Gasteiger charge is 2.24. The fourth-order valence-electron chi connectivity index (χ4n) is 2.06. The van der Waals surface area contributed by atoms with Crippen molar-refractivity contribution in [1.29, 1.82) is 0 Å². The van der Waals surface area contributed by atoms with Crippen LogP contribution in [0.3, 0.4) is 0 Å². The Bertz CT molecular complexity index is 572. The third kappa shape index (κ3) is 2.85. The number of hydrogen-bond donors (Lipinski definition) is 1. The molecular weight excluding hydrogens is 312 g/mol. The highest BCUT2D eigenvalue weighted by Crippen LogP contribution is 2.33. The number of nitrogens with two attached hydrogens (primary N) is 1. The zero-order valence-corrected chi connectivity index (χ0v) is 12.0. The average Bonchev–Trinajstić information content (AvgIpc) is 2.43. The Morgan fingerprint density at radius 1 is 1.05 bits per heavy atom. The summed E-state index contributed by atoms with van der Waals surface area (Å²) < 4.78 is 28.1. The summed E-state index contributed by atoms with van der Waals surface area (Å²) in [6, 6.07) is 11.3. The van der Waals surface area contributed by atoms with Gasteiger partial charge in [0.15, 0.2) is 0 Å². The van der Waals surface area contributed by atoms with Gasteiger partial charge in [0.25, 0.3) is 0 Å². The lowest BCUT2D eigenvalue weighted by atomic mass is 9.89. The van der Waals surface area contributed by atoms with Crippen LogP contribution in [0, 0.1) is 11.6 Å². The molecule has 2 aromatic rings. The van der Waals surface area contributed by atoms with Crippen molar-refractivity contribution in [2.45, 2.75) is 18.9 Å². The zero-order valence-electron chi connectivity index (χ0n) is 10.4. The molecule has 0 aromatic heterocycles. The predicted octanol–water partition coefficient (Wildman–Crippen LogP) is 4.53. The molecular formula is C15H14BrF2N. The van der Waals surface area contributed by atoms with Crippen molar-refractivity contribution in [2.24, 2.45) is 5.73 Å². The Labute approximate surface area is 119 Å². The molecule has 0 saturated heterocycles. The fraction of sp³-hybridized carbons (Fsp3) is 0.200. The summed E-state index contributed by atoms with van der Waals surface area (Å²) in [5.41, 5.74) is 6.91. The van der Waals surface area contributed by atoms with E-state index >= 15 is 0 Å². The largest absolute Gasteiger partial charge is 0.323 e. The smallest absolute Gasteiger partial charge is 0.145 e. The third-order valence-electron chi connectivity index (χ3n) is 3.28. The highest BCUT2D eigenvalue weighted by molar-refractivity contribution is 9.10. The molecule has 2 N–H and O–H groups in total. The first kappa shape index (κ1) is 14.2. The first-order valence-electron chi connectivity index (χ1n) is 5.96. The molecule has 2 atom stereocenters. The Hall–Kier alpha value is -1.26. The average molecular weight is 326 g/mol. The van der Waals surface area contributed by atoms with Gasteiger partial charge in [-0.25, -0.2) is 8.78 Å². The first-order chi connectivity index (χ1) is 9.02. The second-order valence-electron chi connectivity index (χ2n) is 4.48. The predicted molar refractivity (Wildman–Crippen MR) is 75.8 cm³/mol. The second kappa shape index (κ2) is 5.80. The van der Waals surface area contributed by atoms with Crippen LogP contribution in [0.2, 0.25) is 0 Å². The van der Waals surface area contributed by atoms with Gasteiger partial charge in [-0.3, -0.25) is 0 Å². The van der Waals surface area contributed by atoms with E-state index in [0.717, 1.165) is 5.56 Å². The fourth-order valence-corrected chi connectivity index (χ4v) is 2.41. The minimum atomic E-state index is -0.736. The van der Waals surface area contributed by atoms with Gasteiger partial charge in [-0.15, -0.1) is 0 Å². The number of benzene rings is 2. The molecule has 0 amide bonds. The molecule has 0 aliphatic heterocycles. The highest BCUT2D eigenvalue weighted by atomic mass is 79.9. The van der Waals surface area contributed by atoms with Crippen LogP contribution < -0.4 is 5.73 Å². The van der Waals surface area contributed by atoms with E-state index in [9.17, 15) is 8.78 Å². The third-order valence-corrected chi connectivity index (χ3v) is 3.89. The van der Waals surface area contributed by atoms with Gasteiger partial charge in [-0.2, -0.15) is 0 Å². The molecule has 0 fully saturated rings. The molecule has 0 saturated carbocycles. The molecule has 19 heavy (non-hydrogen) atoms. The first-order valence-corrected chi connectivity index (χ1v) is 6.75. The van der Waals surface area contributed by atoms with Crippen molar-refractivity contribution in [3.05, 3.63) is 69.7 Å². The van der Waals surface area contributed by atoms with Gasteiger partial charge in [-0.05, 0) is 33.6 Å². The van der Waals surface area contributed by atoms with Crippen molar-refractivity contribution in [1.82, 2.24) is 0 Å². The zero-order chi connectivity index (χ0) is 14.0. The molecule has 0 aliphatic carbocycles. The van der Waals surface area contributed by atoms with Crippen LogP contribution in [0.25, 0.3) is 0 Å². The van der Waals surface area contributed by atoms with Gasteiger partial charge in [-0.1, -0.05) is 37.3 Å². The normalized spacial score (nSPS) is 14.2. The molecule has 2 rings (SSSR count). The SMILES string of the molecule is CC(c1ccccc1)C(N)c1c(F)ccc(Br)c1F. The topological polar surface area (TPSA) is 26.0 Å². The molecule has 2 aromatic carbocycles. The summed E-state index contributed by atoms with van der Waals surface area (Å²) in [5.74, 6) is -1.43. The lowest BCUT2D eigenvalue weighted by molar-refractivity contribution is 0.492. The molecule has 0 radical (unpaired) electrons. The van der Waals surface area contributed by atoms with E-state index in [1.54, 1.807) is 0 Å². The summed E-state index contributed by atoms with van der Waals surface area (Å²) in [5, 5.41) is 0. The van der Waals surface area contributed by atoms with Gasteiger partial charge in [0.2, 0.25) is 0 Å². The Kier molecular flexibility index (Phi) is 4.32. The Morgan fingerprint density at radius 3 is 2.32 bits per heavy atom. The van der Waals surface area contributed by atoms with Crippen LogP contribution in [-0.2, 0) is 0 Å². The van der Waals surface area contributed by atoms with E-state index in [4.69, 9.17) is 5.73 Å². The lowest BCUT2D eigenvalue weighted by Crippen LogP contribution is -2.20. The number of halogens is 3. The molecule has 0 aliphatic rings. The summed E-state index contributed by atoms with van der Waals surface area (Å²) in [6.45, 7) is 1.86. The molecule has 4 heteroatoms. The quantitative estimate of drug-likeness (QED) is 0.824. The maximum Gasteiger partial charge on any atom is 0.145 e. The van der Waals surface area contributed by atoms with E-state index in [2.05, 4.69) is 15.9 Å². The summed E-state index contributed by atoms with van der Waals surface area (Å²) >= 11 is 3.06. The van der Waals surface area contributed by atoms with Crippen molar-refractivity contribution in [2.75, 3.05) is 0 Å². The molecule has 1 nitrogen and oxygen atoms in total.